The number of aryl methyl sites for hydroxylation is 1. The van der Waals surface area contributed by atoms with E-state index in [-0.39, 0.29) is 34.1 Å². The van der Waals surface area contributed by atoms with Crippen LogP contribution in [0.25, 0.3) is 0 Å². The van der Waals surface area contributed by atoms with Gasteiger partial charge in [0.15, 0.2) is 0 Å². The lowest BCUT2D eigenvalue weighted by molar-refractivity contribution is -0.132. The number of amides is 2. The maximum atomic E-state index is 12.6. The molecule has 4 rings (SSSR count). The summed E-state index contributed by atoms with van der Waals surface area (Å²) in [6.07, 6.45) is 2.61. The molecule has 2 aromatic carbocycles. The van der Waals surface area contributed by atoms with Crippen molar-refractivity contribution in [2.24, 2.45) is 0 Å². The molecule has 0 aromatic heterocycles. The largest absolute Gasteiger partial charge is 0.507 e. The van der Waals surface area contributed by atoms with Gasteiger partial charge in [-0.05, 0) is 49.1 Å². The van der Waals surface area contributed by atoms with E-state index >= 15 is 0 Å². The number of phenols is 1. The first-order valence-corrected chi connectivity index (χ1v) is 12.3. The van der Waals surface area contributed by atoms with Gasteiger partial charge in [-0.3, -0.25) is 9.59 Å². The Morgan fingerprint density at radius 3 is 2.19 bits per heavy atom. The molecule has 2 N–H and O–H groups in total. The Kier molecular flexibility index (Phi) is 6.48. The summed E-state index contributed by atoms with van der Waals surface area (Å²) in [7, 11) is -3.47. The summed E-state index contributed by atoms with van der Waals surface area (Å²) in [5, 5.41) is 9.88. The molecule has 9 heteroatoms. The van der Waals surface area contributed by atoms with Crippen LogP contribution in [0.1, 0.15) is 35.2 Å². The van der Waals surface area contributed by atoms with E-state index in [1.807, 2.05) is 0 Å². The summed E-state index contributed by atoms with van der Waals surface area (Å²) >= 11 is 0. The van der Waals surface area contributed by atoms with Gasteiger partial charge in [-0.25, -0.2) is 13.1 Å². The molecule has 32 heavy (non-hydrogen) atoms. The quantitative estimate of drug-likeness (QED) is 0.659. The summed E-state index contributed by atoms with van der Waals surface area (Å²) in [6, 6.07) is 13.2. The second kappa shape index (κ2) is 9.30. The number of carbonyl (C=O) groups is 2. The SMILES string of the molecule is O=C(CCc1ccc(S(=O)(=O)NC2CC2)cc1)N1CCN(C(=O)c2ccccc2O)CC1. The molecule has 0 unspecified atom stereocenters. The smallest absolute Gasteiger partial charge is 0.257 e. The topological polar surface area (TPSA) is 107 Å². The molecule has 8 nitrogen and oxygen atoms in total. The summed E-state index contributed by atoms with van der Waals surface area (Å²) in [5.41, 5.74) is 1.17. The van der Waals surface area contributed by atoms with Crippen molar-refractivity contribution in [2.45, 2.75) is 36.6 Å². The van der Waals surface area contributed by atoms with E-state index in [2.05, 4.69) is 4.72 Å². The highest BCUT2D eigenvalue weighted by molar-refractivity contribution is 7.89. The summed E-state index contributed by atoms with van der Waals surface area (Å²) in [6.45, 7) is 1.73. The molecule has 2 amide bonds. The van der Waals surface area contributed by atoms with E-state index in [9.17, 15) is 23.1 Å². The van der Waals surface area contributed by atoms with E-state index in [1.54, 1.807) is 52.3 Å². The van der Waals surface area contributed by atoms with E-state index in [1.165, 1.54) is 6.07 Å². The van der Waals surface area contributed by atoms with E-state index in [4.69, 9.17) is 0 Å². The number of hydrogen-bond donors (Lipinski definition) is 2. The second-order valence-corrected chi connectivity index (χ2v) is 9.94. The molecule has 0 spiro atoms. The Balaban J connectivity index is 1.25. The molecule has 0 bridgehead atoms. The number of hydrogen-bond acceptors (Lipinski definition) is 5. The van der Waals surface area contributed by atoms with Crippen LogP contribution >= 0.6 is 0 Å². The number of nitrogens with one attached hydrogen (secondary N) is 1. The van der Waals surface area contributed by atoms with Gasteiger partial charge >= 0.3 is 0 Å². The molecule has 0 radical (unpaired) electrons. The van der Waals surface area contributed by atoms with Crippen LogP contribution in [0.15, 0.2) is 53.4 Å². The third-order valence-corrected chi connectivity index (χ3v) is 7.35. The number of rotatable bonds is 7. The molecule has 2 fully saturated rings. The number of benzene rings is 2. The highest BCUT2D eigenvalue weighted by Crippen LogP contribution is 2.23. The van der Waals surface area contributed by atoms with Crippen molar-refractivity contribution < 1.29 is 23.1 Å². The highest BCUT2D eigenvalue weighted by Gasteiger charge is 2.28. The van der Waals surface area contributed by atoms with Crippen molar-refractivity contribution in [1.29, 1.82) is 0 Å². The van der Waals surface area contributed by atoms with Gasteiger partial charge in [0.25, 0.3) is 5.91 Å². The molecule has 1 aliphatic heterocycles. The summed E-state index contributed by atoms with van der Waals surface area (Å²) in [5.74, 6) is -0.272. The molecule has 1 saturated heterocycles. The molecule has 1 heterocycles. The molecule has 2 aromatic rings. The van der Waals surface area contributed by atoms with Crippen LogP contribution < -0.4 is 4.72 Å². The maximum absolute atomic E-state index is 12.6. The van der Waals surface area contributed by atoms with Crippen molar-refractivity contribution in [1.82, 2.24) is 14.5 Å². The summed E-state index contributed by atoms with van der Waals surface area (Å²) in [4.78, 5) is 28.8. The zero-order valence-corrected chi connectivity index (χ0v) is 18.6. The van der Waals surface area contributed by atoms with Crippen LogP contribution in [0.5, 0.6) is 5.75 Å². The van der Waals surface area contributed by atoms with Crippen molar-refractivity contribution in [2.75, 3.05) is 26.2 Å². The molecule has 170 valence electrons. The first-order valence-electron chi connectivity index (χ1n) is 10.8. The van der Waals surface area contributed by atoms with E-state index in [0.717, 1.165) is 18.4 Å². The van der Waals surface area contributed by atoms with Crippen LogP contribution in [0.2, 0.25) is 0 Å². The predicted octanol–water partition coefficient (Wildman–Crippen LogP) is 1.75. The van der Waals surface area contributed by atoms with Crippen LogP contribution in [0.4, 0.5) is 0 Å². The maximum Gasteiger partial charge on any atom is 0.257 e. The van der Waals surface area contributed by atoms with Crippen molar-refractivity contribution in [3.8, 4) is 5.75 Å². The molecule has 0 atom stereocenters. The minimum Gasteiger partial charge on any atom is -0.507 e. The lowest BCUT2D eigenvalue weighted by Crippen LogP contribution is -2.50. The van der Waals surface area contributed by atoms with Crippen LogP contribution in [0, 0.1) is 0 Å². The number of sulfonamides is 1. The Hall–Kier alpha value is -2.91. The van der Waals surface area contributed by atoms with Gasteiger partial charge in [-0.15, -0.1) is 0 Å². The van der Waals surface area contributed by atoms with E-state index in [0.29, 0.717) is 39.0 Å². The van der Waals surface area contributed by atoms with Crippen LogP contribution in [-0.4, -0.2) is 67.4 Å². The summed E-state index contributed by atoms with van der Waals surface area (Å²) < 4.78 is 27.1. The third kappa shape index (κ3) is 5.28. The lowest BCUT2D eigenvalue weighted by Gasteiger charge is -2.35. The van der Waals surface area contributed by atoms with Gasteiger partial charge in [0.05, 0.1) is 10.5 Å². The normalized spacial score (nSPS) is 16.8. The number of piperazine rings is 1. The lowest BCUT2D eigenvalue weighted by atomic mass is 10.1. The number of carbonyl (C=O) groups excluding carboxylic acids is 2. The standard InChI is InChI=1S/C23H27N3O5S/c27-21-4-2-1-3-20(21)23(29)26-15-13-25(14-16-26)22(28)12-7-17-5-10-19(11-6-17)32(30,31)24-18-8-9-18/h1-6,10-11,18,24,27H,7-9,12-16H2. The monoisotopic (exact) mass is 457 g/mol. The fourth-order valence-corrected chi connectivity index (χ4v) is 5.02. The van der Waals surface area contributed by atoms with Crippen molar-refractivity contribution in [3.05, 3.63) is 59.7 Å². The van der Waals surface area contributed by atoms with Crippen molar-refractivity contribution >= 4 is 21.8 Å². The van der Waals surface area contributed by atoms with E-state index < -0.39 is 10.0 Å². The van der Waals surface area contributed by atoms with Gasteiger partial charge < -0.3 is 14.9 Å². The first-order chi connectivity index (χ1) is 15.3. The third-order valence-electron chi connectivity index (χ3n) is 5.81. The van der Waals surface area contributed by atoms with Crippen LogP contribution in [-0.2, 0) is 21.2 Å². The fourth-order valence-electron chi connectivity index (χ4n) is 3.72. The van der Waals surface area contributed by atoms with Gasteiger partial charge in [-0.2, -0.15) is 0 Å². The second-order valence-electron chi connectivity index (χ2n) is 8.23. The number of para-hydroxylation sites is 1. The number of phenolic OH excluding ortho intramolecular Hbond substituents is 1. The van der Waals surface area contributed by atoms with Crippen LogP contribution in [0.3, 0.4) is 0 Å². The first kappa shape index (κ1) is 22.3. The Labute approximate surface area is 187 Å². The zero-order valence-electron chi connectivity index (χ0n) is 17.7. The molecule has 1 aliphatic carbocycles. The van der Waals surface area contributed by atoms with Crippen molar-refractivity contribution in [3.63, 3.8) is 0 Å². The van der Waals surface area contributed by atoms with Gasteiger partial charge in [0, 0.05) is 38.6 Å². The minimum absolute atomic E-state index is 0.00626. The average molecular weight is 458 g/mol. The zero-order chi connectivity index (χ0) is 22.7. The predicted molar refractivity (Wildman–Crippen MR) is 119 cm³/mol. The molecular weight excluding hydrogens is 430 g/mol. The fraction of sp³-hybridized carbons (Fsp3) is 0.391. The van der Waals surface area contributed by atoms with Gasteiger partial charge in [-0.1, -0.05) is 24.3 Å². The molecular formula is C23H27N3O5S. The van der Waals surface area contributed by atoms with Gasteiger partial charge in [0.1, 0.15) is 5.75 Å². The minimum atomic E-state index is -3.47. The highest BCUT2D eigenvalue weighted by atomic mass is 32.2. The molecule has 2 aliphatic rings. The number of aromatic hydroxyl groups is 1. The Morgan fingerprint density at radius 2 is 1.56 bits per heavy atom. The molecule has 1 saturated carbocycles. The average Bonchev–Trinajstić information content (AvgIpc) is 3.61. The Bertz CT molecular complexity index is 1090. The Morgan fingerprint density at radius 1 is 0.938 bits per heavy atom. The van der Waals surface area contributed by atoms with Gasteiger partial charge in [0.2, 0.25) is 15.9 Å². The number of nitrogens with zero attached hydrogens (tertiary/aromatic N) is 2.